The summed E-state index contributed by atoms with van der Waals surface area (Å²) < 4.78 is 0. The van der Waals surface area contributed by atoms with E-state index < -0.39 is 0 Å². The summed E-state index contributed by atoms with van der Waals surface area (Å²) in [5.41, 5.74) is 10.5. The molecule has 3 heterocycles. The number of aryl methyl sites for hydroxylation is 2. The minimum atomic E-state index is 0.362. The van der Waals surface area contributed by atoms with Gasteiger partial charge in [-0.25, -0.2) is 0 Å². The molecule has 1 saturated heterocycles. The number of aliphatic imine (C=N–C) groups is 1. The topological polar surface area (TPSA) is 48.7 Å². The van der Waals surface area contributed by atoms with Gasteiger partial charge in [-0.15, -0.1) is 0 Å². The fourth-order valence-corrected chi connectivity index (χ4v) is 5.05. The fraction of sp³-hybridized carbons (Fsp3) is 0.385. The maximum atomic E-state index is 10.1. The van der Waals surface area contributed by atoms with Crippen molar-refractivity contribution in [3.63, 3.8) is 0 Å². The van der Waals surface area contributed by atoms with E-state index in [4.69, 9.17) is 4.99 Å². The van der Waals surface area contributed by atoms with E-state index in [9.17, 15) is 5.11 Å². The SMILES string of the molecule is Cc1cncc(CN2CCC(=C3C4=NCCC=C4CCc4cc(O)ccc43)CC2)c1. The number of fused-ring (bicyclic) bond motifs is 2. The van der Waals surface area contributed by atoms with Crippen LogP contribution in [-0.4, -0.2) is 40.3 Å². The van der Waals surface area contributed by atoms with Crippen molar-refractivity contribution >= 4 is 11.3 Å². The molecule has 0 spiro atoms. The number of benzene rings is 1. The quantitative estimate of drug-likeness (QED) is 0.784. The van der Waals surface area contributed by atoms with Gasteiger partial charge in [-0.2, -0.15) is 0 Å². The zero-order chi connectivity index (χ0) is 20.5. The number of phenolic OH excluding ortho intramolecular Hbond substituents is 1. The molecule has 154 valence electrons. The standard InChI is InChI=1S/C26H29N3O/c1-18-13-19(16-27-15-18)17-29-11-8-20(9-12-29)25-24-7-6-23(30)14-22(24)5-4-21-3-2-10-28-26(21)25/h3,6-7,13-16,30H,2,4-5,8-12,17H2,1H3. The van der Waals surface area contributed by atoms with Crippen LogP contribution in [0.15, 0.2) is 58.9 Å². The van der Waals surface area contributed by atoms with Gasteiger partial charge in [-0.05, 0) is 79.0 Å². The molecule has 0 saturated carbocycles. The summed E-state index contributed by atoms with van der Waals surface area (Å²) in [5.74, 6) is 0.362. The fourth-order valence-electron chi connectivity index (χ4n) is 5.05. The Hall–Kier alpha value is -2.72. The summed E-state index contributed by atoms with van der Waals surface area (Å²) in [5, 5.41) is 10.1. The molecule has 4 heteroatoms. The molecule has 0 atom stereocenters. The third kappa shape index (κ3) is 3.84. The Balaban J connectivity index is 1.45. The molecule has 4 nitrogen and oxygen atoms in total. The molecule has 30 heavy (non-hydrogen) atoms. The van der Waals surface area contributed by atoms with Gasteiger partial charge in [0.15, 0.2) is 0 Å². The van der Waals surface area contributed by atoms with Gasteiger partial charge in [0.05, 0.1) is 5.71 Å². The van der Waals surface area contributed by atoms with E-state index in [-0.39, 0.29) is 0 Å². The highest BCUT2D eigenvalue weighted by Crippen LogP contribution is 2.38. The van der Waals surface area contributed by atoms with E-state index in [1.165, 1.54) is 44.7 Å². The Labute approximate surface area is 178 Å². The second-order valence-electron chi connectivity index (χ2n) is 8.72. The van der Waals surface area contributed by atoms with E-state index in [2.05, 4.69) is 35.0 Å². The highest BCUT2D eigenvalue weighted by atomic mass is 16.3. The van der Waals surface area contributed by atoms with Crippen molar-refractivity contribution in [3.8, 4) is 5.75 Å². The van der Waals surface area contributed by atoms with E-state index in [1.54, 1.807) is 0 Å². The van der Waals surface area contributed by atoms with Crippen molar-refractivity contribution in [2.45, 2.75) is 45.6 Å². The number of hydrogen-bond donors (Lipinski definition) is 1. The number of hydrogen-bond acceptors (Lipinski definition) is 4. The molecular weight excluding hydrogens is 370 g/mol. The van der Waals surface area contributed by atoms with Crippen molar-refractivity contribution in [2.75, 3.05) is 19.6 Å². The number of rotatable bonds is 2. The monoisotopic (exact) mass is 399 g/mol. The predicted molar refractivity (Wildman–Crippen MR) is 122 cm³/mol. The van der Waals surface area contributed by atoms with Crippen LogP contribution >= 0.6 is 0 Å². The van der Waals surface area contributed by atoms with Crippen LogP contribution in [0.1, 0.15) is 47.9 Å². The van der Waals surface area contributed by atoms with Gasteiger partial charge in [0.25, 0.3) is 0 Å². The van der Waals surface area contributed by atoms with E-state index in [1.807, 2.05) is 24.5 Å². The zero-order valence-corrected chi connectivity index (χ0v) is 17.7. The van der Waals surface area contributed by atoms with Gasteiger partial charge in [0.2, 0.25) is 0 Å². The number of dihydropyridines is 1. The first-order valence-electron chi connectivity index (χ1n) is 11.1. The molecule has 1 aromatic heterocycles. The molecule has 0 radical (unpaired) electrons. The second kappa shape index (κ2) is 8.19. The van der Waals surface area contributed by atoms with Gasteiger partial charge < -0.3 is 5.11 Å². The Morgan fingerprint density at radius 2 is 1.90 bits per heavy atom. The summed E-state index contributed by atoms with van der Waals surface area (Å²) in [6.45, 7) is 6.08. The second-order valence-corrected chi connectivity index (χ2v) is 8.72. The lowest BCUT2D eigenvalue weighted by Gasteiger charge is -2.31. The number of nitrogens with zero attached hydrogens (tertiary/aromatic N) is 3. The van der Waals surface area contributed by atoms with Crippen LogP contribution in [-0.2, 0) is 13.0 Å². The van der Waals surface area contributed by atoms with Gasteiger partial charge in [0, 0.05) is 44.1 Å². The van der Waals surface area contributed by atoms with Crippen molar-refractivity contribution in [2.24, 2.45) is 4.99 Å². The maximum Gasteiger partial charge on any atom is 0.115 e. The lowest BCUT2D eigenvalue weighted by Crippen LogP contribution is -2.31. The van der Waals surface area contributed by atoms with E-state index in [0.29, 0.717) is 5.75 Å². The van der Waals surface area contributed by atoms with Crippen molar-refractivity contribution in [3.05, 3.63) is 76.1 Å². The molecule has 5 rings (SSSR count). The van der Waals surface area contributed by atoms with Gasteiger partial charge in [-0.3, -0.25) is 14.9 Å². The largest absolute Gasteiger partial charge is 0.508 e. The number of likely N-dealkylation sites (tertiary alicyclic amines) is 1. The summed E-state index contributed by atoms with van der Waals surface area (Å²) >= 11 is 0. The molecule has 3 aliphatic rings. The first-order valence-corrected chi connectivity index (χ1v) is 11.1. The van der Waals surface area contributed by atoms with Gasteiger partial charge in [0.1, 0.15) is 5.75 Å². The van der Waals surface area contributed by atoms with Gasteiger partial charge in [-0.1, -0.05) is 23.8 Å². The highest BCUT2D eigenvalue weighted by molar-refractivity contribution is 6.33. The van der Waals surface area contributed by atoms with Crippen LogP contribution < -0.4 is 0 Å². The number of aromatic hydroxyl groups is 1. The summed E-state index contributed by atoms with van der Waals surface area (Å²) in [7, 11) is 0. The van der Waals surface area contributed by atoms with Crippen LogP contribution in [0.5, 0.6) is 5.75 Å². The van der Waals surface area contributed by atoms with E-state index in [0.717, 1.165) is 58.3 Å². The van der Waals surface area contributed by atoms with Crippen LogP contribution in [0.25, 0.3) is 5.57 Å². The van der Waals surface area contributed by atoms with Crippen LogP contribution in [0.4, 0.5) is 0 Å². The summed E-state index contributed by atoms with van der Waals surface area (Å²) in [4.78, 5) is 11.9. The maximum absolute atomic E-state index is 10.1. The van der Waals surface area contributed by atoms with Crippen molar-refractivity contribution < 1.29 is 5.11 Å². The van der Waals surface area contributed by atoms with Gasteiger partial charge >= 0.3 is 0 Å². The molecule has 0 unspecified atom stereocenters. The summed E-state index contributed by atoms with van der Waals surface area (Å²) in [6.07, 6.45) is 11.5. The minimum absolute atomic E-state index is 0.362. The molecule has 0 amide bonds. The minimum Gasteiger partial charge on any atom is -0.508 e. The Kier molecular flexibility index (Phi) is 5.26. The molecule has 0 bridgehead atoms. The first-order chi connectivity index (χ1) is 14.7. The molecule has 1 aliphatic carbocycles. The number of piperidine rings is 1. The molecule has 2 aliphatic heterocycles. The van der Waals surface area contributed by atoms with Crippen molar-refractivity contribution in [1.82, 2.24) is 9.88 Å². The highest BCUT2D eigenvalue weighted by Gasteiger charge is 2.27. The first kappa shape index (κ1) is 19.3. The van der Waals surface area contributed by atoms with Crippen molar-refractivity contribution in [1.29, 1.82) is 0 Å². The third-order valence-electron chi connectivity index (χ3n) is 6.50. The molecule has 1 aromatic carbocycles. The lowest BCUT2D eigenvalue weighted by atomic mass is 9.86. The van der Waals surface area contributed by atoms with Crippen LogP contribution in [0.2, 0.25) is 0 Å². The lowest BCUT2D eigenvalue weighted by molar-refractivity contribution is 0.248. The summed E-state index contributed by atoms with van der Waals surface area (Å²) in [6, 6.07) is 8.13. The van der Waals surface area contributed by atoms with E-state index >= 15 is 0 Å². The predicted octanol–water partition coefficient (Wildman–Crippen LogP) is 4.86. The average molecular weight is 400 g/mol. The third-order valence-corrected chi connectivity index (χ3v) is 6.50. The smallest absolute Gasteiger partial charge is 0.115 e. The Morgan fingerprint density at radius 1 is 1.03 bits per heavy atom. The number of pyridine rings is 1. The Morgan fingerprint density at radius 3 is 2.73 bits per heavy atom. The van der Waals surface area contributed by atoms with Crippen LogP contribution in [0.3, 0.4) is 0 Å². The number of allylic oxidation sites excluding steroid dienone is 2. The van der Waals surface area contributed by atoms with Crippen LogP contribution in [0, 0.1) is 6.92 Å². The molecule has 2 aromatic rings. The number of aromatic nitrogens is 1. The number of phenols is 1. The molecule has 1 fully saturated rings. The zero-order valence-electron chi connectivity index (χ0n) is 17.7. The molecule has 1 N–H and O–H groups in total. The normalized spacial score (nSPS) is 19.5. The molecular formula is C26H29N3O. The average Bonchev–Trinajstić information content (AvgIpc) is 2.91. The Bertz CT molecular complexity index is 1050.